The summed E-state index contributed by atoms with van der Waals surface area (Å²) < 4.78 is 2.25. The molecule has 0 radical (unpaired) electrons. The van der Waals surface area contributed by atoms with Crippen LogP contribution in [0.1, 0.15) is 102 Å². The standard InChI is InChI=1S/C22H40N2/c1-2-3-4-5-6-7-8-9-10-11-12-13-14-15-18-24-19-16-22(21-23)17-20-24/h16-17,19-20,23H,2-15,18,21H2,1H3. The Morgan fingerprint density at radius 2 is 1.08 bits per heavy atom. The van der Waals surface area contributed by atoms with Gasteiger partial charge in [0.15, 0.2) is 12.4 Å². The van der Waals surface area contributed by atoms with Crippen molar-refractivity contribution < 1.29 is 4.57 Å². The summed E-state index contributed by atoms with van der Waals surface area (Å²) in [6.07, 6.45) is 24.1. The van der Waals surface area contributed by atoms with Gasteiger partial charge in [0.1, 0.15) is 6.54 Å². The molecule has 1 aromatic heterocycles. The van der Waals surface area contributed by atoms with Crippen molar-refractivity contribution in [3.63, 3.8) is 0 Å². The molecule has 0 bridgehead atoms. The SMILES string of the molecule is CCCCCCCCCCCCCCCC[n+]1ccc(C[NH-])cc1. The predicted molar refractivity (Wildman–Crippen MR) is 105 cm³/mol. The van der Waals surface area contributed by atoms with Crippen molar-refractivity contribution in [3.05, 3.63) is 35.8 Å². The summed E-state index contributed by atoms with van der Waals surface area (Å²) in [5, 5.41) is 0. The van der Waals surface area contributed by atoms with Gasteiger partial charge < -0.3 is 5.73 Å². The highest BCUT2D eigenvalue weighted by atomic mass is 14.9. The van der Waals surface area contributed by atoms with Crippen LogP contribution in [0.25, 0.3) is 5.73 Å². The van der Waals surface area contributed by atoms with E-state index in [1.165, 1.54) is 89.9 Å². The first-order valence-corrected chi connectivity index (χ1v) is 10.5. The molecule has 0 saturated heterocycles. The molecule has 0 spiro atoms. The fraction of sp³-hybridized carbons (Fsp3) is 0.773. The van der Waals surface area contributed by atoms with Crippen LogP contribution >= 0.6 is 0 Å². The maximum atomic E-state index is 7.32. The van der Waals surface area contributed by atoms with E-state index in [0.29, 0.717) is 6.54 Å². The molecule has 2 nitrogen and oxygen atoms in total. The Hall–Kier alpha value is -0.890. The summed E-state index contributed by atoms with van der Waals surface area (Å²) in [4.78, 5) is 0. The van der Waals surface area contributed by atoms with Crippen LogP contribution in [0.15, 0.2) is 24.5 Å². The number of unbranched alkanes of at least 4 members (excludes halogenated alkanes) is 13. The van der Waals surface area contributed by atoms with Crippen molar-refractivity contribution >= 4 is 0 Å². The molecule has 138 valence electrons. The summed E-state index contributed by atoms with van der Waals surface area (Å²) in [5.74, 6) is 0. The molecule has 1 rings (SSSR count). The molecule has 0 amide bonds. The Morgan fingerprint density at radius 3 is 1.50 bits per heavy atom. The third-order valence-electron chi connectivity index (χ3n) is 4.93. The van der Waals surface area contributed by atoms with Crippen molar-refractivity contribution in [1.82, 2.24) is 0 Å². The summed E-state index contributed by atoms with van der Waals surface area (Å²) in [6, 6.07) is 4.13. The van der Waals surface area contributed by atoms with Gasteiger partial charge in [-0.15, -0.1) is 6.54 Å². The molecule has 0 aliphatic heterocycles. The fourth-order valence-electron chi connectivity index (χ4n) is 3.24. The summed E-state index contributed by atoms with van der Waals surface area (Å²) in [7, 11) is 0. The molecule has 0 aromatic carbocycles. The van der Waals surface area contributed by atoms with Crippen molar-refractivity contribution in [3.8, 4) is 0 Å². The van der Waals surface area contributed by atoms with Gasteiger partial charge in [-0.3, -0.25) is 0 Å². The van der Waals surface area contributed by atoms with E-state index in [1.54, 1.807) is 0 Å². The van der Waals surface area contributed by atoms with Gasteiger partial charge in [0.2, 0.25) is 0 Å². The first-order valence-electron chi connectivity index (χ1n) is 10.5. The minimum absolute atomic E-state index is 0.389. The van der Waals surface area contributed by atoms with E-state index < -0.39 is 0 Å². The molecular weight excluding hydrogens is 292 g/mol. The monoisotopic (exact) mass is 332 g/mol. The molecule has 0 fully saturated rings. The van der Waals surface area contributed by atoms with Crippen molar-refractivity contribution in [2.45, 2.75) is 110 Å². The highest BCUT2D eigenvalue weighted by Gasteiger charge is 1.99. The molecule has 1 N–H and O–H groups in total. The lowest BCUT2D eigenvalue weighted by molar-refractivity contribution is -0.697. The van der Waals surface area contributed by atoms with E-state index in [4.69, 9.17) is 5.73 Å². The average Bonchev–Trinajstić information content (AvgIpc) is 2.62. The Kier molecular flexibility index (Phi) is 13.8. The fourth-order valence-corrected chi connectivity index (χ4v) is 3.24. The molecule has 2 heteroatoms. The number of pyridine rings is 1. The van der Waals surface area contributed by atoms with Gasteiger partial charge in [0.05, 0.1) is 0 Å². The number of hydrogen-bond acceptors (Lipinski definition) is 0. The van der Waals surface area contributed by atoms with Gasteiger partial charge in [-0.05, 0) is 6.42 Å². The normalized spacial score (nSPS) is 11.1. The highest BCUT2D eigenvalue weighted by molar-refractivity contribution is 5.08. The quantitative estimate of drug-likeness (QED) is 0.230. The number of hydrogen-bond donors (Lipinski definition) is 0. The van der Waals surface area contributed by atoms with Crippen LogP contribution in [0.5, 0.6) is 0 Å². The molecule has 0 aliphatic carbocycles. The van der Waals surface area contributed by atoms with Crippen LogP contribution in [0, 0.1) is 0 Å². The molecule has 0 unspecified atom stereocenters. The second kappa shape index (κ2) is 15.6. The van der Waals surface area contributed by atoms with Crippen LogP contribution in [0.2, 0.25) is 0 Å². The Morgan fingerprint density at radius 1 is 0.667 bits per heavy atom. The summed E-state index contributed by atoms with van der Waals surface area (Å²) in [5.41, 5.74) is 8.43. The van der Waals surface area contributed by atoms with Crippen LogP contribution in [0.4, 0.5) is 0 Å². The molecule has 0 saturated carbocycles. The highest BCUT2D eigenvalue weighted by Crippen LogP contribution is 2.12. The van der Waals surface area contributed by atoms with Gasteiger partial charge in [-0.25, -0.2) is 4.57 Å². The van der Waals surface area contributed by atoms with E-state index in [0.717, 1.165) is 12.1 Å². The Bertz CT molecular complexity index is 372. The van der Waals surface area contributed by atoms with Crippen LogP contribution in [-0.4, -0.2) is 0 Å². The van der Waals surface area contributed by atoms with E-state index >= 15 is 0 Å². The van der Waals surface area contributed by atoms with Crippen LogP contribution in [-0.2, 0) is 13.1 Å². The third kappa shape index (κ3) is 11.6. The third-order valence-corrected chi connectivity index (χ3v) is 4.93. The minimum Gasteiger partial charge on any atom is -0.674 e. The molecule has 0 aliphatic rings. The lowest BCUT2D eigenvalue weighted by Crippen LogP contribution is -2.32. The maximum Gasteiger partial charge on any atom is 0.168 e. The van der Waals surface area contributed by atoms with E-state index in [1.807, 2.05) is 0 Å². The second-order valence-corrected chi connectivity index (χ2v) is 7.22. The number of aromatic nitrogens is 1. The summed E-state index contributed by atoms with van der Waals surface area (Å²) >= 11 is 0. The Balaban J connectivity index is 1.80. The molecule has 0 atom stereocenters. The lowest BCUT2D eigenvalue weighted by atomic mass is 10.0. The van der Waals surface area contributed by atoms with Gasteiger partial charge >= 0.3 is 0 Å². The van der Waals surface area contributed by atoms with Crippen LogP contribution < -0.4 is 4.57 Å². The molecule has 24 heavy (non-hydrogen) atoms. The molecule has 1 aromatic rings. The van der Waals surface area contributed by atoms with Crippen molar-refractivity contribution in [1.29, 1.82) is 0 Å². The lowest BCUT2D eigenvalue weighted by Gasteiger charge is -2.03. The van der Waals surface area contributed by atoms with Crippen LogP contribution in [0.3, 0.4) is 0 Å². The topological polar surface area (TPSA) is 27.7 Å². The van der Waals surface area contributed by atoms with E-state index in [9.17, 15) is 0 Å². The van der Waals surface area contributed by atoms with E-state index in [-0.39, 0.29) is 0 Å². The Labute approximate surface area is 150 Å². The summed E-state index contributed by atoms with van der Waals surface area (Å²) in [6.45, 7) is 3.80. The molecule has 1 heterocycles. The number of nitrogens with zero attached hydrogens (tertiary/aromatic N) is 1. The van der Waals surface area contributed by atoms with Crippen molar-refractivity contribution in [2.24, 2.45) is 0 Å². The maximum absolute atomic E-state index is 7.32. The second-order valence-electron chi connectivity index (χ2n) is 7.22. The smallest absolute Gasteiger partial charge is 0.168 e. The number of rotatable bonds is 16. The minimum atomic E-state index is 0.389. The first-order chi connectivity index (χ1) is 11.9. The largest absolute Gasteiger partial charge is 0.674 e. The average molecular weight is 333 g/mol. The van der Waals surface area contributed by atoms with Gasteiger partial charge in [0.25, 0.3) is 0 Å². The number of aryl methyl sites for hydroxylation is 1. The first kappa shape index (κ1) is 21.2. The van der Waals surface area contributed by atoms with Gasteiger partial charge in [-0.2, -0.15) is 0 Å². The van der Waals surface area contributed by atoms with E-state index in [2.05, 4.69) is 36.0 Å². The zero-order valence-electron chi connectivity index (χ0n) is 16.1. The number of nitrogens with one attached hydrogen (secondary N) is 1. The van der Waals surface area contributed by atoms with Gasteiger partial charge in [0, 0.05) is 18.6 Å². The molecular formula is C22H40N2. The zero-order chi connectivity index (χ0) is 17.3. The zero-order valence-corrected chi connectivity index (χ0v) is 16.1. The van der Waals surface area contributed by atoms with Crippen molar-refractivity contribution in [2.75, 3.05) is 0 Å². The predicted octanol–water partition coefficient (Wildman–Crippen LogP) is 7.01. The van der Waals surface area contributed by atoms with Gasteiger partial charge in [-0.1, -0.05) is 89.5 Å².